The van der Waals surface area contributed by atoms with E-state index in [1.54, 1.807) is 12.1 Å². The molecule has 0 heterocycles. The standard InChI is InChI=1S/C14H16BrF2NO2/c1-3-9(2)18-13(19)7-4-10-8-11(15)5-6-12(10)20-14(16)17/h4-9,14H,3H2,1-2H3,(H,18,19)/b7-4+. The van der Waals surface area contributed by atoms with Gasteiger partial charge in [0.2, 0.25) is 5.91 Å². The van der Waals surface area contributed by atoms with Crippen molar-refractivity contribution in [1.29, 1.82) is 0 Å². The van der Waals surface area contributed by atoms with Gasteiger partial charge in [0.25, 0.3) is 0 Å². The molecule has 0 aliphatic heterocycles. The van der Waals surface area contributed by atoms with Crippen LogP contribution in [0.1, 0.15) is 25.8 Å². The van der Waals surface area contributed by atoms with Crippen molar-refractivity contribution in [2.75, 3.05) is 0 Å². The van der Waals surface area contributed by atoms with Crippen LogP contribution in [0.25, 0.3) is 6.08 Å². The predicted molar refractivity (Wildman–Crippen MR) is 77.7 cm³/mol. The molecule has 0 saturated heterocycles. The van der Waals surface area contributed by atoms with E-state index in [0.29, 0.717) is 10.0 Å². The minimum atomic E-state index is -2.91. The van der Waals surface area contributed by atoms with E-state index in [0.717, 1.165) is 6.42 Å². The molecule has 1 rings (SSSR count). The van der Waals surface area contributed by atoms with Crippen molar-refractivity contribution in [3.05, 3.63) is 34.3 Å². The first-order valence-electron chi connectivity index (χ1n) is 6.15. The fraction of sp³-hybridized carbons (Fsp3) is 0.357. The molecule has 1 aromatic rings. The maximum Gasteiger partial charge on any atom is 0.387 e. The number of hydrogen-bond donors (Lipinski definition) is 1. The zero-order valence-corrected chi connectivity index (χ0v) is 12.8. The maximum atomic E-state index is 12.3. The van der Waals surface area contributed by atoms with Crippen LogP contribution in [0.4, 0.5) is 8.78 Å². The summed E-state index contributed by atoms with van der Waals surface area (Å²) >= 11 is 3.24. The van der Waals surface area contributed by atoms with E-state index in [4.69, 9.17) is 0 Å². The largest absolute Gasteiger partial charge is 0.434 e. The monoisotopic (exact) mass is 347 g/mol. The van der Waals surface area contributed by atoms with E-state index < -0.39 is 6.61 Å². The molecule has 1 N–H and O–H groups in total. The van der Waals surface area contributed by atoms with Gasteiger partial charge in [0.15, 0.2) is 0 Å². The normalized spacial score (nSPS) is 12.7. The van der Waals surface area contributed by atoms with Crippen LogP contribution in [0.5, 0.6) is 5.75 Å². The average Bonchev–Trinajstić information content (AvgIpc) is 2.38. The van der Waals surface area contributed by atoms with Gasteiger partial charge in [-0.05, 0) is 37.6 Å². The highest BCUT2D eigenvalue weighted by Crippen LogP contribution is 2.25. The van der Waals surface area contributed by atoms with Crippen LogP contribution in [0.15, 0.2) is 28.7 Å². The molecule has 0 saturated carbocycles. The first-order valence-corrected chi connectivity index (χ1v) is 6.94. The fourth-order valence-electron chi connectivity index (χ4n) is 1.41. The molecule has 0 spiro atoms. The maximum absolute atomic E-state index is 12.3. The molecule has 0 aromatic heterocycles. The summed E-state index contributed by atoms with van der Waals surface area (Å²) in [5.41, 5.74) is 0.402. The number of benzene rings is 1. The molecule has 3 nitrogen and oxygen atoms in total. The number of carbonyl (C=O) groups excluding carboxylic acids is 1. The van der Waals surface area contributed by atoms with Crippen LogP contribution in [-0.2, 0) is 4.79 Å². The highest BCUT2D eigenvalue weighted by Gasteiger charge is 2.09. The Morgan fingerprint density at radius 3 is 2.80 bits per heavy atom. The van der Waals surface area contributed by atoms with Crippen LogP contribution in [0.3, 0.4) is 0 Å². The number of ether oxygens (including phenoxy) is 1. The highest BCUT2D eigenvalue weighted by molar-refractivity contribution is 9.10. The summed E-state index contributed by atoms with van der Waals surface area (Å²) < 4.78 is 29.7. The predicted octanol–water partition coefficient (Wildman–Crippen LogP) is 3.98. The van der Waals surface area contributed by atoms with Crippen LogP contribution in [0.2, 0.25) is 0 Å². The van der Waals surface area contributed by atoms with Crippen LogP contribution < -0.4 is 10.1 Å². The lowest BCUT2D eigenvalue weighted by Crippen LogP contribution is -2.30. The zero-order valence-electron chi connectivity index (χ0n) is 11.2. The van der Waals surface area contributed by atoms with Crippen LogP contribution in [0, 0.1) is 0 Å². The molecular weight excluding hydrogens is 332 g/mol. The zero-order chi connectivity index (χ0) is 15.1. The first kappa shape index (κ1) is 16.6. The Bertz CT molecular complexity index is 492. The van der Waals surface area contributed by atoms with E-state index in [9.17, 15) is 13.6 Å². The Morgan fingerprint density at radius 1 is 1.50 bits per heavy atom. The second-order valence-corrected chi connectivity index (χ2v) is 5.13. The van der Waals surface area contributed by atoms with Crippen LogP contribution in [-0.4, -0.2) is 18.6 Å². The number of alkyl halides is 2. The third-order valence-electron chi connectivity index (χ3n) is 2.60. The molecule has 1 atom stereocenters. The highest BCUT2D eigenvalue weighted by atomic mass is 79.9. The van der Waals surface area contributed by atoms with Gasteiger partial charge >= 0.3 is 6.61 Å². The lowest BCUT2D eigenvalue weighted by Gasteiger charge is -2.10. The van der Waals surface area contributed by atoms with Crippen molar-refractivity contribution in [2.45, 2.75) is 32.9 Å². The van der Waals surface area contributed by atoms with E-state index in [-0.39, 0.29) is 17.7 Å². The Hall–Kier alpha value is -1.43. The van der Waals surface area contributed by atoms with Gasteiger partial charge in [-0.25, -0.2) is 0 Å². The second-order valence-electron chi connectivity index (χ2n) is 4.21. The Balaban J connectivity index is 2.84. The van der Waals surface area contributed by atoms with Gasteiger partial charge in [-0.15, -0.1) is 0 Å². The molecule has 0 radical (unpaired) electrons. The van der Waals surface area contributed by atoms with Crippen molar-refractivity contribution in [3.63, 3.8) is 0 Å². The number of carbonyl (C=O) groups is 1. The summed E-state index contributed by atoms with van der Waals surface area (Å²) in [4.78, 5) is 11.6. The Kier molecular flexibility index (Phi) is 6.64. The fourth-order valence-corrected chi connectivity index (χ4v) is 1.79. The lowest BCUT2D eigenvalue weighted by atomic mass is 10.2. The SMILES string of the molecule is CCC(C)NC(=O)/C=C/c1cc(Br)ccc1OC(F)F. The molecule has 1 unspecified atom stereocenters. The summed E-state index contributed by atoms with van der Waals surface area (Å²) in [6.07, 6.45) is 3.56. The molecule has 20 heavy (non-hydrogen) atoms. The topological polar surface area (TPSA) is 38.3 Å². The lowest BCUT2D eigenvalue weighted by molar-refractivity contribution is -0.117. The van der Waals surface area contributed by atoms with E-state index in [1.165, 1.54) is 18.2 Å². The number of nitrogens with one attached hydrogen (secondary N) is 1. The molecule has 1 amide bonds. The number of hydrogen-bond acceptors (Lipinski definition) is 2. The van der Waals surface area contributed by atoms with Crippen molar-refractivity contribution < 1.29 is 18.3 Å². The van der Waals surface area contributed by atoms with Crippen molar-refractivity contribution in [2.24, 2.45) is 0 Å². The van der Waals surface area contributed by atoms with Gasteiger partial charge in [-0.3, -0.25) is 4.79 Å². The smallest absolute Gasteiger partial charge is 0.387 e. The summed E-state index contributed by atoms with van der Waals surface area (Å²) in [6.45, 7) is 0.936. The van der Waals surface area contributed by atoms with Gasteiger partial charge in [0, 0.05) is 22.2 Å². The van der Waals surface area contributed by atoms with Gasteiger partial charge < -0.3 is 10.1 Å². The van der Waals surface area contributed by atoms with E-state index >= 15 is 0 Å². The molecule has 110 valence electrons. The number of halogens is 3. The third-order valence-corrected chi connectivity index (χ3v) is 3.10. The van der Waals surface area contributed by atoms with Gasteiger partial charge in [0.05, 0.1) is 0 Å². The molecule has 0 aliphatic carbocycles. The van der Waals surface area contributed by atoms with E-state index in [2.05, 4.69) is 26.0 Å². The molecule has 6 heteroatoms. The summed E-state index contributed by atoms with van der Waals surface area (Å²) in [7, 11) is 0. The molecular formula is C14H16BrF2NO2. The first-order chi connectivity index (χ1) is 9.42. The molecule has 1 aromatic carbocycles. The average molecular weight is 348 g/mol. The summed E-state index contributed by atoms with van der Waals surface area (Å²) in [5.74, 6) is -0.252. The second kappa shape index (κ2) is 7.99. The molecule has 0 aliphatic rings. The minimum absolute atomic E-state index is 0.0239. The Morgan fingerprint density at radius 2 is 2.20 bits per heavy atom. The van der Waals surface area contributed by atoms with Crippen molar-refractivity contribution in [1.82, 2.24) is 5.32 Å². The minimum Gasteiger partial charge on any atom is -0.434 e. The van der Waals surface area contributed by atoms with Crippen molar-refractivity contribution >= 4 is 27.9 Å². The summed E-state index contributed by atoms with van der Waals surface area (Å²) in [6, 6.07) is 4.67. The van der Waals surface area contributed by atoms with Crippen molar-refractivity contribution in [3.8, 4) is 5.75 Å². The van der Waals surface area contributed by atoms with E-state index in [1.807, 2.05) is 13.8 Å². The van der Waals surface area contributed by atoms with Crippen LogP contribution >= 0.6 is 15.9 Å². The Labute approximate surface area is 125 Å². The summed E-state index contributed by atoms with van der Waals surface area (Å²) in [5, 5.41) is 2.75. The van der Waals surface area contributed by atoms with Gasteiger partial charge in [-0.1, -0.05) is 22.9 Å². The quantitative estimate of drug-likeness (QED) is 0.790. The molecule has 0 bridgehead atoms. The third kappa shape index (κ3) is 5.69. The number of rotatable bonds is 6. The van der Waals surface area contributed by atoms with Gasteiger partial charge in [0.1, 0.15) is 5.75 Å². The van der Waals surface area contributed by atoms with Gasteiger partial charge in [-0.2, -0.15) is 8.78 Å². The number of amides is 1. The molecule has 0 fully saturated rings.